The Kier molecular flexibility index (Phi) is 3.18. The highest BCUT2D eigenvalue weighted by molar-refractivity contribution is 5.26. The Bertz CT molecular complexity index is 508. The van der Waals surface area contributed by atoms with E-state index in [0.29, 0.717) is 11.3 Å². The van der Waals surface area contributed by atoms with Crippen LogP contribution in [0.25, 0.3) is 0 Å². The molecule has 3 fully saturated rings. The molecule has 0 radical (unpaired) electrons. The van der Waals surface area contributed by atoms with Gasteiger partial charge in [-0.15, -0.1) is 0 Å². The monoisotopic (exact) mass is 304 g/mol. The zero-order chi connectivity index (χ0) is 15.8. The van der Waals surface area contributed by atoms with Gasteiger partial charge in [-0.3, -0.25) is 0 Å². The number of aliphatic hydroxyl groups excluding tert-OH is 1. The highest BCUT2D eigenvalue weighted by Crippen LogP contribution is 2.66. The maximum atomic E-state index is 10.9. The van der Waals surface area contributed by atoms with Crippen molar-refractivity contribution in [3.63, 3.8) is 0 Å². The Balaban J connectivity index is 1.69. The fourth-order valence-corrected chi connectivity index (χ4v) is 6.89. The second-order valence-electron chi connectivity index (χ2n) is 9.42. The first-order valence-corrected chi connectivity index (χ1v) is 9.38. The summed E-state index contributed by atoms with van der Waals surface area (Å²) >= 11 is 0. The van der Waals surface area contributed by atoms with Crippen LogP contribution in [0.1, 0.15) is 72.1 Å². The lowest BCUT2D eigenvalue weighted by atomic mass is 9.47. The largest absolute Gasteiger partial charge is 0.393 e. The molecule has 4 aliphatic rings. The van der Waals surface area contributed by atoms with Gasteiger partial charge in [-0.1, -0.05) is 25.5 Å². The summed E-state index contributed by atoms with van der Waals surface area (Å²) in [6, 6.07) is 0. The van der Waals surface area contributed by atoms with E-state index >= 15 is 0 Å². The summed E-state index contributed by atoms with van der Waals surface area (Å²) in [5.74, 6) is 2.20. The van der Waals surface area contributed by atoms with Gasteiger partial charge in [0, 0.05) is 0 Å². The zero-order valence-electron chi connectivity index (χ0n) is 14.4. The molecule has 0 heterocycles. The van der Waals surface area contributed by atoms with Crippen molar-refractivity contribution in [2.45, 2.75) is 83.8 Å². The smallest absolute Gasteiger partial charge is 0.0675 e. The third kappa shape index (κ3) is 1.80. The molecule has 7 atom stereocenters. The first-order chi connectivity index (χ1) is 10.3. The van der Waals surface area contributed by atoms with Gasteiger partial charge in [-0.25, -0.2) is 0 Å². The quantitative estimate of drug-likeness (QED) is 0.663. The van der Waals surface area contributed by atoms with Gasteiger partial charge in [0.25, 0.3) is 0 Å². The first kappa shape index (κ1) is 15.2. The van der Waals surface area contributed by atoms with Crippen molar-refractivity contribution in [3.8, 4) is 0 Å². The summed E-state index contributed by atoms with van der Waals surface area (Å²) < 4.78 is 0. The Morgan fingerprint density at radius 1 is 1.00 bits per heavy atom. The Hall–Kier alpha value is -0.340. The highest BCUT2D eigenvalue weighted by Gasteiger charge is 2.61. The molecule has 2 heteroatoms. The average molecular weight is 304 g/mol. The molecule has 0 saturated heterocycles. The van der Waals surface area contributed by atoms with E-state index in [9.17, 15) is 10.2 Å². The van der Waals surface area contributed by atoms with Crippen LogP contribution in [-0.4, -0.2) is 21.9 Å². The van der Waals surface area contributed by atoms with Gasteiger partial charge >= 0.3 is 0 Å². The second-order valence-corrected chi connectivity index (χ2v) is 9.42. The maximum absolute atomic E-state index is 10.9. The number of hydrogen-bond acceptors (Lipinski definition) is 2. The summed E-state index contributed by atoms with van der Waals surface area (Å²) in [6.45, 7) is 6.90. The molecule has 2 N–H and O–H groups in total. The summed E-state index contributed by atoms with van der Waals surface area (Å²) in [4.78, 5) is 0. The summed E-state index contributed by atoms with van der Waals surface area (Å²) in [7, 11) is 0. The minimum absolute atomic E-state index is 0.114. The molecule has 0 spiro atoms. The van der Waals surface area contributed by atoms with Crippen LogP contribution in [0, 0.1) is 28.6 Å². The van der Waals surface area contributed by atoms with Crippen LogP contribution in [0.4, 0.5) is 0 Å². The number of allylic oxidation sites excluding steroid dienone is 1. The normalized spacial score (nSPS) is 57.6. The maximum Gasteiger partial charge on any atom is 0.0675 e. The summed E-state index contributed by atoms with van der Waals surface area (Å²) in [5.41, 5.74) is 1.50. The van der Waals surface area contributed by atoms with Crippen LogP contribution < -0.4 is 0 Å². The number of aliphatic hydroxyl groups is 2. The van der Waals surface area contributed by atoms with Gasteiger partial charge in [0.1, 0.15) is 0 Å². The number of fused-ring (bicyclic) bond motifs is 5. The molecule has 0 aromatic heterocycles. The molecule has 3 saturated carbocycles. The van der Waals surface area contributed by atoms with Crippen molar-refractivity contribution in [2.24, 2.45) is 28.6 Å². The fraction of sp³-hybridized carbons (Fsp3) is 0.900. The summed E-state index contributed by atoms with van der Waals surface area (Å²) in [5, 5.41) is 21.0. The van der Waals surface area contributed by atoms with Gasteiger partial charge in [-0.05, 0) is 86.9 Å². The Morgan fingerprint density at radius 2 is 1.73 bits per heavy atom. The number of rotatable bonds is 0. The van der Waals surface area contributed by atoms with Crippen molar-refractivity contribution in [3.05, 3.63) is 11.6 Å². The van der Waals surface area contributed by atoms with Crippen molar-refractivity contribution >= 4 is 0 Å². The van der Waals surface area contributed by atoms with E-state index in [1.807, 2.05) is 0 Å². The summed E-state index contributed by atoms with van der Waals surface area (Å²) in [6.07, 6.45) is 11.2. The van der Waals surface area contributed by atoms with Gasteiger partial charge in [0.15, 0.2) is 0 Å². The SMILES string of the molecule is C[C@]12CC[C@H](O)CC1=CC[C@H]1[C@H]3CC[C@](C)(O)[C@@]3(C)CC[C@@H]12. The molecule has 0 aromatic rings. The van der Waals surface area contributed by atoms with Gasteiger partial charge in [0.2, 0.25) is 0 Å². The Labute approximate surface area is 135 Å². The minimum Gasteiger partial charge on any atom is -0.393 e. The van der Waals surface area contributed by atoms with Crippen LogP contribution in [0.15, 0.2) is 11.6 Å². The molecule has 0 amide bonds. The van der Waals surface area contributed by atoms with Gasteiger partial charge in [0.05, 0.1) is 11.7 Å². The predicted octanol–water partition coefficient (Wildman–Crippen LogP) is 4.06. The van der Waals surface area contributed by atoms with Crippen LogP contribution in [0.3, 0.4) is 0 Å². The zero-order valence-corrected chi connectivity index (χ0v) is 14.4. The topological polar surface area (TPSA) is 40.5 Å². The lowest BCUT2D eigenvalue weighted by Gasteiger charge is -2.58. The molecule has 0 bridgehead atoms. The third-order valence-electron chi connectivity index (χ3n) is 8.64. The molecule has 124 valence electrons. The molecule has 0 aromatic carbocycles. The molecule has 2 nitrogen and oxygen atoms in total. The van der Waals surface area contributed by atoms with Crippen molar-refractivity contribution in [1.82, 2.24) is 0 Å². The minimum atomic E-state index is -0.476. The van der Waals surface area contributed by atoms with E-state index in [4.69, 9.17) is 0 Å². The van der Waals surface area contributed by atoms with Crippen LogP contribution in [0.5, 0.6) is 0 Å². The van der Waals surface area contributed by atoms with E-state index < -0.39 is 5.60 Å². The van der Waals surface area contributed by atoms with E-state index in [0.717, 1.165) is 37.5 Å². The van der Waals surface area contributed by atoms with Crippen LogP contribution >= 0.6 is 0 Å². The molecule has 22 heavy (non-hydrogen) atoms. The van der Waals surface area contributed by atoms with Crippen LogP contribution in [-0.2, 0) is 0 Å². The van der Waals surface area contributed by atoms with Crippen molar-refractivity contribution in [2.75, 3.05) is 0 Å². The van der Waals surface area contributed by atoms with E-state index in [2.05, 4.69) is 26.8 Å². The molecular weight excluding hydrogens is 272 g/mol. The van der Waals surface area contributed by atoms with Gasteiger partial charge < -0.3 is 10.2 Å². The molecule has 4 rings (SSSR count). The fourth-order valence-electron chi connectivity index (χ4n) is 6.89. The lowest BCUT2D eigenvalue weighted by molar-refractivity contribution is -0.115. The lowest BCUT2D eigenvalue weighted by Crippen LogP contribution is -2.53. The van der Waals surface area contributed by atoms with Crippen molar-refractivity contribution < 1.29 is 10.2 Å². The Morgan fingerprint density at radius 3 is 2.50 bits per heavy atom. The molecule has 0 unspecified atom stereocenters. The van der Waals surface area contributed by atoms with E-state index in [1.54, 1.807) is 5.57 Å². The van der Waals surface area contributed by atoms with Crippen molar-refractivity contribution in [1.29, 1.82) is 0 Å². The van der Waals surface area contributed by atoms with E-state index in [1.165, 1.54) is 25.7 Å². The second kappa shape index (κ2) is 4.60. The third-order valence-corrected chi connectivity index (χ3v) is 8.64. The van der Waals surface area contributed by atoms with E-state index in [-0.39, 0.29) is 11.5 Å². The standard InChI is InChI=1S/C20H32O2/c1-18-9-6-14(21)12-13(18)4-5-15-16(18)7-10-19(2)17(15)8-11-20(19,3)22/h4,14-17,21-22H,5-12H2,1-3H3/t14-,15+,16-,17+,18-,19-,20-/m0/s1. The first-order valence-electron chi connectivity index (χ1n) is 9.38. The number of hydrogen-bond donors (Lipinski definition) is 2. The highest BCUT2D eigenvalue weighted by atomic mass is 16.3. The van der Waals surface area contributed by atoms with Crippen LogP contribution in [0.2, 0.25) is 0 Å². The predicted molar refractivity (Wildman–Crippen MR) is 88.3 cm³/mol. The van der Waals surface area contributed by atoms with Gasteiger partial charge in [-0.2, -0.15) is 0 Å². The molecular formula is C20H32O2. The average Bonchev–Trinajstić information content (AvgIpc) is 2.70. The molecule has 0 aliphatic heterocycles. The molecule has 4 aliphatic carbocycles.